The highest BCUT2D eigenvalue weighted by Crippen LogP contribution is 2.20. The zero-order valence-electron chi connectivity index (χ0n) is 12.4. The van der Waals surface area contributed by atoms with Crippen LogP contribution >= 0.6 is 0 Å². The third-order valence-electron chi connectivity index (χ3n) is 3.33. The van der Waals surface area contributed by atoms with E-state index in [1.165, 1.54) is 0 Å². The van der Waals surface area contributed by atoms with Gasteiger partial charge in [0.05, 0.1) is 6.10 Å². The van der Waals surface area contributed by atoms with Crippen molar-refractivity contribution in [3.63, 3.8) is 0 Å². The number of benzene rings is 1. The van der Waals surface area contributed by atoms with Gasteiger partial charge in [0.25, 0.3) is 0 Å². The zero-order chi connectivity index (χ0) is 14.6. The Morgan fingerprint density at radius 2 is 1.79 bits per heavy atom. The van der Waals surface area contributed by atoms with Gasteiger partial charge in [0.15, 0.2) is 0 Å². The van der Waals surface area contributed by atoms with Crippen molar-refractivity contribution in [2.45, 2.75) is 44.7 Å². The van der Waals surface area contributed by atoms with Gasteiger partial charge in [0.2, 0.25) is 0 Å². The summed E-state index contributed by atoms with van der Waals surface area (Å²) in [6.07, 6.45) is 1.30. The maximum absolute atomic E-state index is 11.3. The largest absolute Gasteiger partial charge is 0.391 e. The Balaban J connectivity index is 2.59. The molecular formula is C15H25NO2S. The second kappa shape index (κ2) is 6.64. The summed E-state index contributed by atoms with van der Waals surface area (Å²) < 4.78 is 11.3. The van der Waals surface area contributed by atoms with Gasteiger partial charge in [-0.2, -0.15) is 0 Å². The minimum absolute atomic E-state index is 0.115. The quantitative estimate of drug-likeness (QED) is 0.873. The first-order valence-corrected chi connectivity index (χ1v) is 8.12. The molecule has 1 aromatic carbocycles. The highest BCUT2D eigenvalue weighted by molar-refractivity contribution is 7.84. The molecule has 3 atom stereocenters. The lowest BCUT2D eigenvalue weighted by atomic mass is 9.89. The van der Waals surface area contributed by atoms with E-state index in [1.807, 2.05) is 45.0 Å². The molecule has 3 unspecified atom stereocenters. The molecule has 0 aliphatic heterocycles. The molecule has 0 radical (unpaired) electrons. The van der Waals surface area contributed by atoms with Crippen LogP contribution < -0.4 is 5.32 Å². The Labute approximate surface area is 118 Å². The number of hydrogen-bond donors (Lipinski definition) is 2. The van der Waals surface area contributed by atoms with E-state index in [-0.39, 0.29) is 17.6 Å². The van der Waals surface area contributed by atoms with E-state index in [0.29, 0.717) is 6.54 Å². The maximum atomic E-state index is 11.3. The minimum Gasteiger partial charge on any atom is -0.391 e. The first-order valence-electron chi connectivity index (χ1n) is 6.56. The summed E-state index contributed by atoms with van der Waals surface area (Å²) in [5, 5.41) is 13.3. The Kier molecular flexibility index (Phi) is 5.71. The molecule has 0 heterocycles. The number of nitrogens with one attached hydrogen (secondary N) is 1. The lowest BCUT2D eigenvalue weighted by Crippen LogP contribution is -2.37. The fourth-order valence-electron chi connectivity index (χ4n) is 1.66. The number of aliphatic hydroxyl groups is 1. The molecule has 1 rings (SSSR count). The molecule has 3 nitrogen and oxygen atoms in total. The van der Waals surface area contributed by atoms with Crippen molar-refractivity contribution in [3.8, 4) is 0 Å². The van der Waals surface area contributed by atoms with Crippen molar-refractivity contribution in [2.24, 2.45) is 5.41 Å². The molecule has 108 valence electrons. The predicted molar refractivity (Wildman–Crippen MR) is 80.7 cm³/mol. The number of aliphatic hydroxyl groups excluding tert-OH is 1. The van der Waals surface area contributed by atoms with E-state index in [1.54, 1.807) is 6.26 Å². The van der Waals surface area contributed by atoms with Crippen molar-refractivity contribution >= 4 is 10.8 Å². The van der Waals surface area contributed by atoms with Crippen molar-refractivity contribution in [1.82, 2.24) is 5.32 Å². The Bertz CT molecular complexity index is 423. The molecule has 0 aliphatic rings. The number of hydrogen-bond acceptors (Lipinski definition) is 3. The third kappa shape index (κ3) is 5.05. The van der Waals surface area contributed by atoms with Gasteiger partial charge in [-0.05, 0) is 30.0 Å². The monoisotopic (exact) mass is 283 g/mol. The van der Waals surface area contributed by atoms with E-state index >= 15 is 0 Å². The fourth-order valence-corrected chi connectivity index (χ4v) is 2.18. The van der Waals surface area contributed by atoms with Crippen LogP contribution in [0.15, 0.2) is 29.2 Å². The topological polar surface area (TPSA) is 49.3 Å². The molecule has 0 saturated carbocycles. The van der Waals surface area contributed by atoms with Crippen LogP contribution in [0, 0.1) is 5.41 Å². The van der Waals surface area contributed by atoms with Gasteiger partial charge < -0.3 is 10.4 Å². The summed E-state index contributed by atoms with van der Waals surface area (Å²) in [5.41, 5.74) is 1.02. The van der Waals surface area contributed by atoms with Gasteiger partial charge in [-0.1, -0.05) is 32.9 Å². The highest BCUT2D eigenvalue weighted by Gasteiger charge is 2.22. The average molecular weight is 283 g/mol. The van der Waals surface area contributed by atoms with Crippen LogP contribution in [0.3, 0.4) is 0 Å². The van der Waals surface area contributed by atoms with Crippen LogP contribution in [0.2, 0.25) is 0 Å². The first kappa shape index (κ1) is 16.3. The lowest BCUT2D eigenvalue weighted by molar-refractivity contribution is 0.0609. The molecule has 2 N–H and O–H groups in total. The van der Waals surface area contributed by atoms with Gasteiger partial charge in [-0.25, -0.2) is 0 Å². The molecule has 0 bridgehead atoms. The van der Waals surface area contributed by atoms with E-state index in [9.17, 15) is 9.32 Å². The SMILES string of the molecule is CC(NCC(O)C(C)(C)C)c1ccc(S(C)=O)cc1. The molecule has 0 fully saturated rings. The van der Waals surface area contributed by atoms with Gasteiger partial charge in [0.1, 0.15) is 0 Å². The van der Waals surface area contributed by atoms with E-state index in [0.717, 1.165) is 10.5 Å². The Morgan fingerprint density at radius 3 is 2.21 bits per heavy atom. The lowest BCUT2D eigenvalue weighted by Gasteiger charge is -2.27. The fraction of sp³-hybridized carbons (Fsp3) is 0.600. The molecule has 1 aromatic rings. The molecule has 4 heteroatoms. The molecule has 0 aliphatic carbocycles. The highest BCUT2D eigenvalue weighted by atomic mass is 32.2. The summed E-state index contributed by atoms with van der Waals surface area (Å²) in [6.45, 7) is 8.69. The normalized spacial score (nSPS) is 16.9. The summed E-state index contributed by atoms with van der Waals surface area (Å²) in [6, 6.07) is 7.92. The van der Waals surface area contributed by atoms with E-state index in [4.69, 9.17) is 0 Å². The summed E-state index contributed by atoms with van der Waals surface area (Å²) in [4.78, 5) is 0.839. The van der Waals surface area contributed by atoms with Gasteiger partial charge >= 0.3 is 0 Å². The van der Waals surface area contributed by atoms with Crippen LogP contribution in [0.25, 0.3) is 0 Å². The first-order chi connectivity index (χ1) is 8.71. The van der Waals surface area contributed by atoms with Crippen LogP contribution in [-0.2, 0) is 10.8 Å². The minimum atomic E-state index is -0.934. The van der Waals surface area contributed by atoms with Crippen LogP contribution in [-0.4, -0.2) is 28.2 Å². The van der Waals surface area contributed by atoms with Gasteiger partial charge in [0, 0.05) is 34.5 Å². The van der Waals surface area contributed by atoms with Crippen LogP contribution in [0.1, 0.15) is 39.3 Å². The van der Waals surface area contributed by atoms with Gasteiger partial charge in [-0.3, -0.25) is 4.21 Å². The van der Waals surface area contributed by atoms with Crippen molar-refractivity contribution in [2.75, 3.05) is 12.8 Å². The third-order valence-corrected chi connectivity index (χ3v) is 4.27. The molecule has 0 spiro atoms. The summed E-state index contributed by atoms with van der Waals surface area (Å²) >= 11 is 0. The van der Waals surface area contributed by atoms with E-state index < -0.39 is 10.8 Å². The van der Waals surface area contributed by atoms with Crippen molar-refractivity contribution < 1.29 is 9.32 Å². The van der Waals surface area contributed by atoms with Crippen LogP contribution in [0.5, 0.6) is 0 Å². The zero-order valence-corrected chi connectivity index (χ0v) is 13.3. The van der Waals surface area contributed by atoms with Crippen molar-refractivity contribution in [3.05, 3.63) is 29.8 Å². The summed E-state index contributed by atoms with van der Waals surface area (Å²) in [7, 11) is -0.934. The van der Waals surface area contributed by atoms with Crippen molar-refractivity contribution in [1.29, 1.82) is 0 Å². The van der Waals surface area contributed by atoms with E-state index in [2.05, 4.69) is 12.2 Å². The van der Waals surface area contributed by atoms with Gasteiger partial charge in [-0.15, -0.1) is 0 Å². The summed E-state index contributed by atoms with van der Waals surface area (Å²) in [5.74, 6) is 0. The van der Waals surface area contributed by atoms with Crippen LogP contribution in [0.4, 0.5) is 0 Å². The molecule has 0 saturated heterocycles. The Hall–Kier alpha value is -0.710. The average Bonchev–Trinajstić information content (AvgIpc) is 2.34. The second-order valence-corrected chi connectivity index (χ2v) is 7.41. The molecular weight excluding hydrogens is 258 g/mol. The smallest absolute Gasteiger partial charge is 0.0712 e. The predicted octanol–water partition coefficient (Wildman–Crippen LogP) is 2.48. The molecule has 0 amide bonds. The molecule has 0 aromatic heterocycles. The molecule has 19 heavy (non-hydrogen) atoms. The Morgan fingerprint density at radius 1 is 1.26 bits per heavy atom. The maximum Gasteiger partial charge on any atom is 0.0712 e. The number of rotatable bonds is 5. The standard InChI is InChI=1S/C15H25NO2S/c1-11(16-10-14(17)15(2,3)4)12-6-8-13(9-7-12)19(5)18/h6-9,11,14,16-17H,10H2,1-5H3. The second-order valence-electron chi connectivity index (χ2n) is 6.03.